The number of hydrogen-bond donors (Lipinski definition) is 2. The van der Waals surface area contributed by atoms with Gasteiger partial charge in [-0.1, -0.05) is 11.6 Å². The normalized spacial score (nSPS) is 9.90. The Balaban J connectivity index is 1.96. The van der Waals surface area contributed by atoms with E-state index in [-0.39, 0.29) is 0 Å². The largest absolute Gasteiger partial charge is 0.318 e. The molecule has 2 amide bonds. The predicted molar refractivity (Wildman–Crippen MR) is 87.9 cm³/mol. The highest BCUT2D eigenvalue weighted by atomic mass is 127. The van der Waals surface area contributed by atoms with Crippen LogP contribution < -0.4 is 10.6 Å². The fraction of sp³-hybridized carbons (Fsp3) is 0. The quantitative estimate of drug-likeness (QED) is 0.599. The van der Waals surface area contributed by atoms with Gasteiger partial charge in [0.05, 0.1) is 0 Å². The van der Waals surface area contributed by atoms with E-state index in [0.29, 0.717) is 16.4 Å². The average molecular weight is 401 g/mol. The minimum Gasteiger partial charge on any atom is -0.318 e. The van der Waals surface area contributed by atoms with Gasteiger partial charge in [0.1, 0.15) is 0 Å². The zero-order chi connectivity index (χ0) is 14.5. The third-order valence-electron chi connectivity index (χ3n) is 2.41. The van der Waals surface area contributed by atoms with Crippen molar-refractivity contribution in [2.75, 3.05) is 10.6 Å². The first-order valence-corrected chi connectivity index (χ1v) is 7.14. The maximum Gasteiger partial charge on any atom is 0.314 e. The van der Waals surface area contributed by atoms with Crippen molar-refractivity contribution in [1.29, 1.82) is 0 Å². The topological polar surface area (TPSA) is 58.2 Å². The van der Waals surface area contributed by atoms with Crippen LogP contribution in [0.2, 0.25) is 5.02 Å². The molecular weight excluding hydrogens is 391 g/mol. The Kier molecular flexibility index (Phi) is 4.97. The third-order valence-corrected chi connectivity index (χ3v) is 3.38. The molecule has 2 aromatic rings. The molecule has 2 rings (SSSR count). The SMILES string of the molecule is O=C(Nc1ccc(Cl)cc1)C(=O)Nc1ccc(I)cc1. The first-order valence-electron chi connectivity index (χ1n) is 5.68. The summed E-state index contributed by atoms with van der Waals surface area (Å²) in [5, 5.41) is 5.57. The number of halogens is 2. The molecular formula is C14H10ClIN2O2. The Bertz CT molecular complexity index is 569. The van der Waals surface area contributed by atoms with E-state index in [9.17, 15) is 9.59 Å². The van der Waals surface area contributed by atoms with Crippen molar-refractivity contribution in [3.8, 4) is 0 Å². The van der Waals surface area contributed by atoms with Gasteiger partial charge in [-0.05, 0) is 71.1 Å². The molecule has 0 fully saturated rings. The summed E-state index contributed by atoms with van der Waals surface area (Å²) in [6.45, 7) is 0. The van der Waals surface area contributed by atoms with Gasteiger partial charge in [0.15, 0.2) is 0 Å². The molecule has 2 N–H and O–H groups in total. The van der Waals surface area contributed by atoms with Gasteiger partial charge in [-0.3, -0.25) is 9.59 Å². The summed E-state index contributed by atoms with van der Waals surface area (Å²) in [7, 11) is 0. The van der Waals surface area contributed by atoms with Gasteiger partial charge in [-0.25, -0.2) is 0 Å². The van der Waals surface area contributed by atoms with Crippen LogP contribution in [-0.4, -0.2) is 11.8 Å². The fourth-order valence-corrected chi connectivity index (χ4v) is 1.93. The Morgan fingerprint density at radius 1 is 0.800 bits per heavy atom. The van der Waals surface area contributed by atoms with Gasteiger partial charge >= 0.3 is 11.8 Å². The fourth-order valence-electron chi connectivity index (χ4n) is 1.44. The van der Waals surface area contributed by atoms with Crippen LogP contribution in [0.3, 0.4) is 0 Å². The first kappa shape index (κ1) is 14.8. The molecule has 0 aliphatic rings. The van der Waals surface area contributed by atoms with Crippen molar-refractivity contribution in [1.82, 2.24) is 0 Å². The summed E-state index contributed by atoms with van der Waals surface area (Å²) in [5.74, 6) is -1.45. The molecule has 0 unspecified atom stereocenters. The molecule has 20 heavy (non-hydrogen) atoms. The minimum absolute atomic E-state index is 0.511. The molecule has 102 valence electrons. The summed E-state index contributed by atoms with van der Waals surface area (Å²) in [6, 6.07) is 13.7. The number of amides is 2. The van der Waals surface area contributed by atoms with Gasteiger partial charge in [0, 0.05) is 20.0 Å². The molecule has 0 aliphatic carbocycles. The van der Waals surface area contributed by atoms with Gasteiger partial charge in [0.2, 0.25) is 0 Å². The van der Waals surface area contributed by atoms with Gasteiger partial charge in [-0.2, -0.15) is 0 Å². The molecule has 0 atom stereocenters. The third kappa shape index (κ3) is 4.21. The van der Waals surface area contributed by atoms with Crippen LogP contribution in [-0.2, 0) is 9.59 Å². The molecule has 4 nitrogen and oxygen atoms in total. The Morgan fingerprint density at radius 3 is 1.65 bits per heavy atom. The summed E-state index contributed by atoms with van der Waals surface area (Å²) in [5.41, 5.74) is 1.08. The highest BCUT2D eigenvalue weighted by Gasteiger charge is 2.13. The van der Waals surface area contributed by atoms with Crippen LogP contribution in [0.1, 0.15) is 0 Å². The molecule has 0 aromatic heterocycles. The number of anilines is 2. The van der Waals surface area contributed by atoms with E-state index < -0.39 is 11.8 Å². The monoisotopic (exact) mass is 400 g/mol. The van der Waals surface area contributed by atoms with Crippen molar-refractivity contribution in [3.63, 3.8) is 0 Å². The van der Waals surface area contributed by atoms with Crippen molar-refractivity contribution >= 4 is 57.4 Å². The number of hydrogen-bond acceptors (Lipinski definition) is 2. The molecule has 2 aromatic carbocycles. The molecule has 6 heteroatoms. The second kappa shape index (κ2) is 6.71. The zero-order valence-electron chi connectivity index (χ0n) is 10.2. The van der Waals surface area contributed by atoms with E-state index in [1.54, 1.807) is 36.4 Å². The number of carbonyl (C=O) groups is 2. The van der Waals surface area contributed by atoms with Gasteiger partial charge in [0.25, 0.3) is 0 Å². The zero-order valence-corrected chi connectivity index (χ0v) is 13.1. The standard InChI is InChI=1S/C14H10ClIN2O2/c15-9-1-5-11(6-2-9)17-13(19)14(20)18-12-7-3-10(16)4-8-12/h1-8H,(H,17,19)(H,18,20). The lowest BCUT2D eigenvalue weighted by Gasteiger charge is -2.06. The van der Waals surface area contributed by atoms with E-state index in [0.717, 1.165) is 3.57 Å². The maximum absolute atomic E-state index is 11.7. The molecule has 0 saturated carbocycles. The van der Waals surface area contributed by atoms with E-state index in [1.807, 2.05) is 12.1 Å². The van der Waals surface area contributed by atoms with Crippen molar-refractivity contribution in [2.45, 2.75) is 0 Å². The summed E-state index contributed by atoms with van der Waals surface area (Å²) >= 11 is 7.90. The average Bonchev–Trinajstić information content (AvgIpc) is 2.44. The summed E-state index contributed by atoms with van der Waals surface area (Å²) in [6.07, 6.45) is 0. The lowest BCUT2D eigenvalue weighted by atomic mass is 10.3. The van der Waals surface area contributed by atoms with Crippen molar-refractivity contribution in [2.24, 2.45) is 0 Å². The van der Waals surface area contributed by atoms with Gasteiger partial charge < -0.3 is 10.6 Å². The molecule has 0 saturated heterocycles. The van der Waals surface area contributed by atoms with E-state index in [4.69, 9.17) is 11.6 Å². The van der Waals surface area contributed by atoms with Crippen LogP contribution in [0.5, 0.6) is 0 Å². The second-order valence-electron chi connectivity index (χ2n) is 3.92. The lowest BCUT2D eigenvalue weighted by Crippen LogP contribution is -2.29. The van der Waals surface area contributed by atoms with E-state index in [1.165, 1.54) is 0 Å². The number of rotatable bonds is 2. The van der Waals surface area contributed by atoms with Gasteiger partial charge in [-0.15, -0.1) is 0 Å². The van der Waals surface area contributed by atoms with Crippen LogP contribution in [0.4, 0.5) is 11.4 Å². The van der Waals surface area contributed by atoms with Crippen molar-refractivity contribution in [3.05, 3.63) is 57.1 Å². The second-order valence-corrected chi connectivity index (χ2v) is 5.60. The van der Waals surface area contributed by atoms with Crippen molar-refractivity contribution < 1.29 is 9.59 Å². The summed E-state index contributed by atoms with van der Waals surface area (Å²) in [4.78, 5) is 23.4. The first-order chi connectivity index (χ1) is 9.54. The van der Waals surface area contributed by atoms with Crippen LogP contribution in [0, 0.1) is 3.57 Å². The highest BCUT2D eigenvalue weighted by molar-refractivity contribution is 14.1. The van der Waals surface area contributed by atoms with E-state index in [2.05, 4.69) is 33.2 Å². The Morgan fingerprint density at radius 2 is 1.20 bits per heavy atom. The number of carbonyl (C=O) groups excluding carboxylic acids is 2. The lowest BCUT2D eigenvalue weighted by molar-refractivity contribution is -0.132. The maximum atomic E-state index is 11.7. The molecule has 0 radical (unpaired) electrons. The smallest absolute Gasteiger partial charge is 0.314 e. The number of nitrogens with one attached hydrogen (secondary N) is 2. The molecule has 0 aliphatic heterocycles. The Labute approximate surface area is 134 Å². The predicted octanol–water partition coefficient (Wildman–Crippen LogP) is 3.52. The Hall–Kier alpha value is -1.60. The molecule has 0 heterocycles. The summed E-state index contributed by atoms with van der Waals surface area (Å²) < 4.78 is 1.05. The van der Waals surface area contributed by atoms with E-state index >= 15 is 0 Å². The van der Waals surface area contributed by atoms with Crippen LogP contribution >= 0.6 is 34.2 Å². The highest BCUT2D eigenvalue weighted by Crippen LogP contribution is 2.14. The minimum atomic E-state index is -0.731. The molecule has 0 spiro atoms. The van der Waals surface area contributed by atoms with Crippen LogP contribution in [0.25, 0.3) is 0 Å². The molecule has 0 bridgehead atoms. The number of benzene rings is 2. The van der Waals surface area contributed by atoms with Crippen LogP contribution in [0.15, 0.2) is 48.5 Å².